The van der Waals surface area contributed by atoms with Gasteiger partial charge in [0.1, 0.15) is 17.5 Å². The van der Waals surface area contributed by atoms with Crippen LogP contribution in [-0.2, 0) is 4.74 Å². The highest BCUT2D eigenvalue weighted by Crippen LogP contribution is 2.38. The Hall–Kier alpha value is -1.40. The van der Waals surface area contributed by atoms with Gasteiger partial charge < -0.3 is 15.5 Å². The molecular weight excluding hydrogens is 254 g/mol. The maximum Gasteiger partial charge on any atom is 0.145 e. The minimum absolute atomic E-state index is 0.381. The largest absolute Gasteiger partial charge is 0.381 e. The van der Waals surface area contributed by atoms with E-state index < -0.39 is 0 Å². The fourth-order valence-electron chi connectivity index (χ4n) is 2.70. The van der Waals surface area contributed by atoms with E-state index >= 15 is 0 Å². The van der Waals surface area contributed by atoms with Gasteiger partial charge in [-0.1, -0.05) is 0 Å². The van der Waals surface area contributed by atoms with Crippen LogP contribution in [-0.4, -0.2) is 29.2 Å². The zero-order valence-electron chi connectivity index (χ0n) is 11.9. The monoisotopic (exact) mass is 277 g/mol. The molecule has 1 aromatic rings. The van der Waals surface area contributed by atoms with Crippen molar-refractivity contribution in [3.05, 3.63) is 11.9 Å². The first-order chi connectivity index (χ1) is 9.76. The molecule has 1 saturated carbocycles. The van der Waals surface area contributed by atoms with E-state index in [1.54, 1.807) is 0 Å². The lowest BCUT2D eigenvalue weighted by Crippen LogP contribution is -2.31. The average Bonchev–Trinajstić information content (AvgIpc) is 3.32. The van der Waals surface area contributed by atoms with Crippen molar-refractivity contribution in [3.63, 3.8) is 0 Å². The zero-order valence-corrected chi connectivity index (χ0v) is 11.9. The molecular formula is C14H23N5O. The molecule has 2 aliphatic rings. The number of ether oxygens (including phenoxy) is 1. The van der Waals surface area contributed by atoms with E-state index in [-0.39, 0.29) is 0 Å². The summed E-state index contributed by atoms with van der Waals surface area (Å²) in [4.78, 5) is 9.06. The highest BCUT2D eigenvalue weighted by molar-refractivity contribution is 5.48. The van der Waals surface area contributed by atoms with E-state index in [0.29, 0.717) is 23.7 Å². The molecule has 1 unspecified atom stereocenters. The lowest BCUT2D eigenvalue weighted by Gasteiger charge is -2.28. The molecule has 110 valence electrons. The van der Waals surface area contributed by atoms with Crippen LogP contribution in [0.3, 0.4) is 0 Å². The van der Waals surface area contributed by atoms with Gasteiger partial charge in [0.2, 0.25) is 0 Å². The summed E-state index contributed by atoms with van der Waals surface area (Å²) in [6.45, 7) is 3.94. The average molecular weight is 277 g/mol. The molecule has 1 atom stereocenters. The van der Waals surface area contributed by atoms with E-state index in [4.69, 9.17) is 10.6 Å². The zero-order chi connectivity index (χ0) is 13.9. The van der Waals surface area contributed by atoms with Gasteiger partial charge in [0.05, 0.1) is 0 Å². The summed E-state index contributed by atoms with van der Waals surface area (Å²) in [6, 6.07) is 2.26. The molecule has 20 heavy (non-hydrogen) atoms. The summed E-state index contributed by atoms with van der Waals surface area (Å²) in [6.07, 6.45) is 4.58. The highest BCUT2D eigenvalue weighted by atomic mass is 16.5. The van der Waals surface area contributed by atoms with Gasteiger partial charge in [-0.15, -0.1) is 0 Å². The molecule has 3 rings (SSSR count). The molecule has 6 heteroatoms. The predicted octanol–water partition coefficient (Wildman–Crippen LogP) is 1.87. The Morgan fingerprint density at radius 1 is 1.20 bits per heavy atom. The minimum atomic E-state index is 0.381. The molecule has 0 bridgehead atoms. The van der Waals surface area contributed by atoms with E-state index in [9.17, 15) is 0 Å². The summed E-state index contributed by atoms with van der Waals surface area (Å²) in [7, 11) is 0. The van der Waals surface area contributed by atoms with Crippen LogP contribution in [0.25, 0.3) is 0 Å². The van der Waals surface area contributed by atoms with Gasteiger partial charge in [-0.2, -0.15) is 0 Å². The quantitative estimate of drug-likeness (QED) is 0.563. The summed E-state index contributed by atoms with van der Waals surface area (Å²) in [5.41, 5.74) is 2.63. The SMILES string of the molecule is CC(Nc1cc(NN)nc(C2CC2)n1)C1CCOCC1. The third-order valence-electron chi connectivity index (χ3n) is 4.18. The normalized spacial score (nSPS) is 21.5. The molecule has 0 amide bonds. The number of hydrogen-bond donors (Lipinski definition) is 3. The molecule has 2 heterocycles. The number of rotatable bonds is 5. The van der Waals surface area contributed by atoms with Gasteiger partial charge in [0.15, 0.2) is 0 Å². The molecule has 1 saturated heterocycles. The number of anilines is 2. The number of hydrogen-bond acceptors (Lipinski definition) is 6. The van der Waals surface area contributed by atoms with Crippen molar-refractivity contribution in [1.82, 2.24) is 9.97 Å². The summed E-state index contributed by atoms with van der Waals surface area (Å²) in [5, 5.41) is 3.51. The fraction of sp³-hybridized carbons (Fsp3) is 0.714. The number of nitrogens with zero attached hydrogens (tertiary/aromatic N) is 2. The third kappa shape index (κ3) is 3.19. The lowest BCUT2D eigenvalue weighted by atomic mass is 9.93. The van der Waals surface area contributed by atoms with Crippen molar-refractivity contribution in [2.24, 2.45) is 11.8 Å². The van der Waals surface area contributed by atoms with Crippen molar-refractivity contribution >= 4 is 11.6 Å². The topological polar surface area (TPSA) is 85.1 Å². The number of aromatic nitrogens is 2. The third-order valence-corrected chi connectivity index (χ3v) is 4.18. The second-order valence-electron chi connectivity index (χ2n) is 5.80. The second kappa shape index (κ2) is 5.93. The first-order valence-electron chi connectivity index (χ1n) is 7.46. The maximum atomic E-state index is 5.50. The van der Waals surface area contributed by atoms with Crippen LogP contribution in [0, 0.1) is 5.92 Å². The Labute approximate surface area is 119 Å². The minimum Gasteiger partial charge on any atom is -0.381 e. The van der Waals surface area contributed by atoms with Crippen molar-refractivity contribution in [2.45, 2.75) is 44.6 Å². The van der Waals surface area contributed by atoms with Crippen LogP contribution < -0.4 is 16.6 Å². The number of nitrogens with two attached hydrogens (primary N) is 1. The van der Waals surface area contributed by atoms with E-state index in [0.717, 1.165) is 37.7 Å². The van der Waals surface area contributed by atoms with Crippen molar-refractivity contribution in [3.8, 4) is 0 Å². The van der Waals surface area contributed by atoms with Gasteiger partial charge in [-0.3, -0.25) is 0 Å². The Kier molecular flexibility index (Phi) is 4.03. The van der Waals surface area contributed by atoms with Crippen LogP contribution in [0.1, 0.15) is 44.3 Å². The number of nitrogen functional groups attached to an aromatic ring is 1. The fourth-order valence-corrected chi connectivity index (χ4v) is 2.70. The summed E-state index contributed by atoms with van der Waals surface area (Å²) < 4.78 is 5.42. The van der Waals surface area contributed by atoms with Crippen LogP contribution in [0.15, 0.2) is 6.07 Å². The first-order valence-corrected chi connectivity index (χ1v) is 7.46. The molecule has 0 radical (unpaired) electrons. The second-order valence-corrected chi connectivity index (χ2v) is 5.80. The Bertz CT molecular complexity index is 457. The van der Waals surface area contributed by atoms with E-state index in [2.05, 4.69) is 27.6 Å². The molecule has 2 fully saturated rings. The molecule has 1 aliphatic carbocycles. The van der Waals surface area contributed by atoms with Crippen LogP contribution in [0.4, 0.5) is 11.6 Å². The van der Waals surface area contributed by atoms with E-state index in [1.807, 2.05) is 6.07 Å². The van der Waals surface area contributed by atoms with E-state index in [1.165, 1.54) is 12.8 Å². The van der Waals surface area contributed by atoms with Gasteiger partial charge in [0, 0.05) is 31.2 Å². The summed E-state index contributed by atoms with van der Waals surface area (Å²) >= 11 is 0. The molecule has 1 aromatic heterocycles. The van der Waals surface area contributed by atoms with Gasteiger partial charge in [-0.05, 0) is 38.5 Å². The van der Waals surface area contributed by atoms with Crippen molar-refractivity contribution in [2.75, 3.05) is 24.0 Å². The maximum absolute atomic E-state index is 5.50. The van der Waals surface area contributed by atoms with Crippen molar-refractivity contribution in [1.29, 1.82) is 0 Å². The smallest absolute Gasteiger partial charge is 0.145 e. The standard InChI is InChI=1S/C14H23N5O/c1-9(10-4-6-20-7-5-10)16-12-8-13(19-15)18-14(17-12)11-2-3-11/h8-11H,2-7,15H2,1H3,(H2,16,17,18,19). The lowest BCUT2D eigenvalue weighted by molar-refractivity contribution is 0.0622. The van der Waals surface area contributed by atoms with Gasteiger partial charge in [-0.25, -0.2) is 15.8 Å². The Morgan fingerprint density at radius 3 is 2.55 bits per heavy atom. The molecule has 1 aliphatic heterocycles. The number of nitrogens with one attached hydrogen (secondary N) is 2. The highest BCUT2D eigenvalue weighted by Gasteiger charge is 2.28. The molecule has 0 aromatic carbocycles. The Balaban J connectivity index is 1.70. The Morgan fingerprint density at radius 2 is 1.90 bits per heavy atom. The van der Waals surface area contributed by atoms with Crippen LogP contribution >= 0.6 is 0 Å². The summed E-state index contributed by atoms with van der Waals surface area (Å²) in [5.74, 6) is 9.11. The molecule has 4 N–H and O–H groups in total. The van der Waals surface area contributed by atoms with Crippen LogP contribution in [0.2, 0.25) is 0 Å². The number of hydrazine groups is 1. The molecule has 6 nitrogen and oxygen atoms in total. The predicted molar refractivity (Wildman–Crippen MR) is 78.4 cm³/mol. The van der Waals surface area contributed by atoms with Crippen LogP contribution in [0.5, 0.6) is 0 Å². The first kappa shape index (κ1) is 13.6. The van der Waals surface area contributed by atoms with Gasteiger partial charge >= 0.3 is 0 Å². The van der Waals surface area contributed by atoms with Gasteiger partial charge in [0.25, 0.3) is 0 Å². The molecule has 0 spiro atoms. The van der Waals surface area contributed by atoms with Crippen molar-refractivity contribution < 1.29 is 4.74 Å².